The van der Waals surface area contributed by atoms with Crippen LogP contribution in [0.2, 0.25) is 0 Å². The van der Waals surface area contributed by atoms with Crippen LogP contribution in [0.4, 0.5) is 11.5 Å². The Bertz CT molecular complexity index is 1380. The van der Waals surface area contributed by atoms with Crippen molar-refractivity contribution < 1.29 is 13.2 Å². The lowest BCUT2D eigenvalue weighted by atomic mass is 10.0. The van der Waals surface area contributed by atoms with Crippen LogP contribution in [-0.2, 0) is 16.4 Å². The number of nitrogens with one attached hydrogen (secondary N) is 1. The van der Waals surface area contributed by atoms with E-state index in [0.717, 1.165) is 34.3 Å². The van der Waals surface area contributed by atoms with Crippen LogP contribution < -0.4 is 9.62 Å². The van der Waals surface area contributed by atoms with Gasteiger partial charge in [0.2, 0.25) is 0 Å². The highest BCUT2D eigenvalue weighted by molar-refractivity contribution is 7.92. The molecule has 1 aliphatic rings. The van der Waals surface area contributed by atoms with Gasteiger partial charge >= 0.3 is 0 Å². The van der Waals surface area contributed by atoms with Gasteiger partial charge in [0.1, 0.15) is 17.0 Å². The molecule has 2 aromatic carbocycles. The zero-order valence-electron chi connectivity index (χ0n) is 16.4. The standard InChI is InChI=1S/C22H18N4O3S2/c27-21(25-20-18-11-13-30-22(18)24-14-23-20)16-7-9-17(10-8-16)31(28,29)26-12-3-5-15-4-1-2-6-19(15)26/h1-2,4,6-11,13-14H,3,5,12H2,(H,23,24,25,27). The molecule has 0 fully saturated rings. The number of hydrogen-bond acceptors (Lipinski definition) is 6. The minimum Gasteiger partial charge on any atom is -0.306 e. The topological polar surface area (TPSA) is 92.3 Å². The first kappa shape index (κ1) is 19.7. The lowest BCUT2D eigenvalue weighted by molar-refractivity contribution is 0.102. The maximum atomic E-state index is 13.2. The smallest absolute Gasteiger partial charge is 0.264 e. The first-order valence-electron chi connectivity index (χ1n) is 9.74. The molecule has 2 aromatic heterocycles. The van der Waals surface area contributed by atoms with Crippen molar-refractivity contribution >= 4 is 49.0 Å². The molecule has 0 spiro atoms. The van der Waals surface area contributed by atoms with Crippen molar-refractivity contribution in [3.63, 3.8) is 0 Å². The molecule has 0 saturated heterocycles. The number of carbonyl (C=O) groups is 1. The third-order valence-corrected chi connectivity index (χ3v) is 7.91. The molecule has 3 heterocycles. The monoisotopic (exact) mass is 450 g/mol. The Morgan fingerprint density at radius 2 is 1.84 bits per heavy atom. The molecule has 0 radical (unpaired) electrons. The molecule has 0 aliphatic carbocycles. The zero-order chi connectivity index (χ0) is 21.4. The second kappa shape index (κ2) is 7.75. The summed E-state index contributed by atoms with van der Waals surface area (Å²) < 4.78 is 28.0. The third kappa shape index (κ3) is 3.55. The molecule has 31 heavy (non-hydrogen) atoms. The molecule has 0 saturated carbocycles. The maximum Gasteiger partial charge on any atom is 0.264 e. The Labute approximate surface area is 183 Å². The predicted molar refractivity (Wildman–Crippen MR) is 121 cm³/mol. The fraction of sp³-hybridized carbons (Fsp3) is 0.136. The fourth-order valence-electron chi connectivity index (χ4n) is 3.72. The minimum absolute atomic E-state index is 0.156. The summed E-state index contributed by atoms with van der Waals surface area (Å²) >= 11 is 1.46. The number of thiophene rings is 1. The van der Waals surface area contributed by atoms with Gasteiger partial charge in [0.05, 0.1) is 16.0 Å². The molecule has 0 unspecified atom stereocenters. The van der Waals surface area contributed by atoms with Gasteiger partial charge in [-0.2, -0.15) is 0 Å². The van der Waals surface area contributed by atoms with Gasteiger partial charge in [0.25, 0.3) is 15.9 Å². The lowest BCUT2D eigenvalue weighted by Gasteiger charge is -2.30. The number of para-hydroxylation sites is 1. The molecule has 7 nitrogen and oxygen atoms in total. The number of aromatic nitrogens is 2. The average molecular weight is 451 g/mol. The van der Waals surface area contributed by atoms with Crippen LogP contribution in [0.15, 0.2) is 71.2 Å². The highest BCUT2D eigenvalue weighted by Crippen LogP contribution is 2.32. The first-order valence-corrected chi connectivity index (χ1v) is 12.1. The highest BCUT2D eigenvalue weighted by Gasteiger charge is 2.29. The second-order valence-corrected chi connectivity index (χ2v) is 9.91. The molecule has 4 aromatic rings. The van der Waals surface area contributed by atoms with Gasteiger partial charge in [-0.15, -0.1) is 11.3 Å². The van der Waals surface area contributed by atoms with Crippen molar-refractivity contribution in [3.8, 4) is 0 Å². The Kier molecular flexibility index (Phi) is 4.91. The Hall–Kier alpha value is -3.30. The van der Waals surface area contributed by atoms with E-state index in [0.29, 0.717) is 17.9 Å². The average Bonchev–Trinajstić information content (AvgIpc) is 3.29. The molecule has 0 atom stereocenters. The van der Waals surface area contributed by atoms with Crippen LogP contribution in [0.3, 0.4) is 0 Å². The van der Waals surface area contributed by atoms with Crippen molar-refractivity contribution in [1.82, 2.24) is 9.97 Å². The van der Waals surface area contributed by atoms with E-state index in [1.807, 2.05) is 35.7 Å². The summed E-state index contributed by atoms with van der Waals surface area (Å²) in [5, 5.41) is 5.43. The summed E-state index contributed by atoms with van der Waals surface area (Å²) in [5.41, 5.74) is 2.09. The fourth-order valence-corrected chi connectivity index (χ4v) is 6.00. The van der Waals surface area contributed by atoms with Crippen molar-refractivity contribution in [2.45, 2.75) is 17.7 Å². The molecule has 1 amide bonds. The largest absolute Gasteiger partial charge is 0.306 e. The minimum atomic E-state index is -3.72. The van der Waals surface area contributed by atoms with E-state index in [2.05, 4.69) is 15.3 Å². The second-order valence-electron chi connectivity index (χ2n) is 7.15. The normalized spacial score (nSPS) is 13.7. The summed E-state index contributed by atoms with van der Waals surface area (Å²) in [6.45, 7) is 0.436. The van der Waals surface area contributed by atoms with Crippen molar-refractivity contribution in [2.24, 2.45) is 0 Å². The highest BCUT2D eigenvalue weighted by atomic mass is 32.2. The van der Waals surface area contributed by atoms with E-state index in [-0.39, 0.29) is 10.8 Å². The number of nitrogens with zero attached hydrogens (tertiary/aromatic N) is 3. The molecule has 1 aliphatic heterocycles. The van der Waals surface area contributed by atoms with E-state index in [4.69, 9.17) is 0 Å². The van der Waals surface area contributed by atoms with Gasteiger partial charge < -0.3 is 5.32 Å². The first-order chi connectivity index (χ1) is 15.0. The van der Waals surface area contributed by atoms with E-state index in [1.54, 1.807) is 0 Å². The van der Waals surface area contributed by atoms with Gasteiger partial charge in [0.15, 0.2) is 0 Å². The van der Waals surface area contributed by atoms with Gasteiger partial charge in [-0.3, -0.25) is 9.10 Å². The zero-order valence-corrected chi connectivity index (χ0v) is 18.0. The number of carbonyl (C=O) groups excluding carboxylic acids is 1. The van der Waals surface area contributed by atoms with Crippen molar-refractivity contribution in [3.05, 3.63) is 77.4 Å². The summed E-state index contributed by atoms with van der Waals surface area (Å²) in [5.74, 6) is 0.0661. The van der Waals surface area contributed by atoms with E-state index in [1.165, 1.54) is 46.2 Å². The van der Waals surface area contributed by atoms with Gasteiger partial charge in [-0.25, -0.2) is 18.4 Å². The Balaban J connectivity index is 1.40. The Morgan fingerprint density at radius 1 is 1.03 bits per heavy atom. The quantitative estimate of drug-likeness (QED) is 0.506. The lowest BCUT2D eigenvalue weighted by Crippen LogP contribution is -2.35. The number of amides is 1. The molecular formula is C22H18N4O3S2. The number of anilines is 2. The van der Waals surface area contributed by atoms with Crippen LogP contribution in [-0.4, -0.2) is 30.8 Å². The molecule has 0 bridgehead atoms. The van der Waals surface area contributed by atoms with Crippen LogP contribution in [0, 0.1) is 0 Å². The van der Waals surface area contributed by atoms with Crippen molar-refractivity contribution in [1.29, 1.82) is 0 Å². The maximum absolute atomic E-state index is 13.2. The summed E-state index contributed by atoms with van der Waals surface area (Å²) in [4.78, 5) is 21.9. The molecule has 5 rings (SSSR count). The van der Waals surface area contributed by atoms with Crippen LogP contribution in [0.1, 0.15) is 22.3 Å². The van der Waals surface area contributed by atoms with Crippen LogP contribution >= 0.6 is 11.3 Å². The number of sulfonamides is 1. The predicted octanol–water partition coefficient (Wildman–Crippen LogP) is 4.09. The number of hydrogen-bond donors (Lipinski definition) is 1. The number of rotatable bonds is 4. The van der Waals surface area contributed by atoms with E-state index < -0.39 is 10.0 Å². The summed E-state index contributed by atoms with van der Waals surface area (Å²) in [6.07, 6.45) is 3.04. The summed E-state index contributed by atoms with van der Waals surface area (Å²) in [7, 11) is -3.72. The van der Waals surface area contributed by atoms with E-state index in [9.17, 15) is 13.2 Å². The Morgan fingerprint density at radius 3 is 2.68 bits per heavy atom. The van der Waals surface area contributed by atoms with E-state index >= 15 is 0 Å². The molecular weight excluding hydrogens is 432 g/mol. The third-order valence-electron chi connectivity index (χ3n) is 5.27. The van der Waals surface area contributed by atoms with Gasteiger partial charge in [0, 0.05) is 12.1 Å². The molecule has 156 valence electrons. The van der Waals surface area contributed by atoms with Crippen molar-refractivity contribution in [2.75, 3.05) is 16.2 Å². The molecule has 1 N–H and O–H groups in total. The number of benzene rings is 2. The SMILES string of the molecule is O=C(Nc1ncnc2sccc12)c1ccc(S(=O)(=O)N2CCCc3ccccc32)cc1. The number of fused-ring (bicyclic) bond motifs is 2. The summed E-state index contributed by atoms with van der Waals surface area (Å²) in [6, 6.07) is 15.4. The van der Waals surface area contributed by atoms with Gasteiger partial charge in [-0.05, 0) is 60.2 Å². The number of aryl methyl sites for hydroxylation is 1. The van der Waals surface area contributed by atoms with Gasteiger partial charge in [-0.1, -0.05) is 18.2 Å². The molecule has 9 heteroatoms. The van der Waals surface area contributed by atoms with Crippen LogP contribution in [0.25, 0.3) is 10.2 Å². The van der Waals surface area contributed by atoms with Crippen LogP contribution in [0.5, 0.6) is 0 Å².